The molecule has 0 aromatic carbocycles. The first-order valence-corrected chi connectivity index (χ1v) is 7.13. The van der Waals surface area contributed by atoms with Gasteiger partial charge in [0.05, 0.1) is 30.0 Å². The van der Waals surface area contributed by atoms with E-state index in [9.17, 15) is 0 Å². The number of nitriles is 1. The summed E-state index contributed by atoms with van der Waals surface area (Å²) in [5, 5.41) is 12.5. The number of thiazole rings is 1. The number of hydrogen-bond acceptors (Lipinski definition) is 4. The molecule has 4 heteroatoms. The Hall–Kier alpha value is -0.920. The van der Waals surface area contributed by atoms with Crippen LogP contribution in [0.3, 0.4) is 0 Å². The van der Waals surface area contributed by atoms with Crippen LogP contribution in [-0.2, 0) is 11.2 Å². The molecule has 17 heavy (non-hydrogen) atoms. The quantitative estimate of drug-likeness (QED) is 0.826. The van der Waals surface area contributed by atoms with Crippen molar-refractivity contribution in [2.24, 2.45) is 5.41 Å². The highest BCUT2D eigenvalue weighted by Crippen LogP contribution is 2.36. The molecule has 1 saturated carbocycles. The first-order valence-electron chi connectivity index (χ1n) is 6.25. The van der Waals surface area contributed by atoms with Crippen LogP contribution in [0.25, 0.3) is 0 Å². The molecule has 1 aliphatic heterocycles. The molecule has 0 N–H and O–H groups in total. The molecule has 3 rings (SSSR count). The van der Waals surface area contributed by atoms with Crippen molar-refractivity contribution in [2.45, 2.75) is 38.0 Å². The van der Waals surface area contributed by atoms with Crippen LogP contribution < -0.4 is 0 Å². The Morgan fingerprint density at radius 2 is 2.24 bits per heavy atom. The van der Waals surface area contributed by atoms with E-state index in [1.165, 1.54) is 31.4 Å². The molecule has 0 radical (unpaired) electrons. The predicted molar refractivity (Wildman–Crippen MR) is 65.9 cm³/mol. The summed E-state index contributed by atoms with van der Waals surface area (Å²) in [5.41, 5.74) is 0.973. The van der Waals surface area contributed by atoms with Gasteiger partial charge in [-0.1, -0.05) is 12.8 Å². The molecule has 1 aromatic rings. The number of aromatic nitrogens is 1. The summed E-state index contributed by atoms with van der Waals surface area (Å²) in [6.07, 6.45) is 6.02. The van der Waals surface area contributed by atoms with Crippen molar-refractivity contribution in [3.05, 3.63) is 16.1 Å². The van der Waals surface area contributed by atoms with E-state index in [4.69, 9.17) is 15.0 Å². The van der Waals surface area contributed by atoms with Gasteiger partial charge in [-0.15, -0.1) is 11.3 Å². The molecule has 2 fully saturated rings. The first kappa shape index (κ1) is 11.2. The van der Waals surface area contributed by atoms with Crippen LogP contribution in [-0.4, -0.2) is 18.2 Å². The van der Waals surface area contributed by atoms with Gasteiger partial charge in [-0.2, -0.15) is 5.26 Å². The van der Waals surface area contributed by atoms with Gasteiger partial charge in [0.2, 0.25) is 0 Å². The average molecular weight is 248 g/mol. The lowest BCUT2D eigenvalue weighted by atomic mass is 9.84. The van der Waals surface area contributed by atoms with Gasteiger partial charge in [0.25, 0.3) is 0 Å². The fraction of sp³-hybridized carbons (Fsp3) is 0.692. The number of hydrogen-bond donors (Lipinski definition) is 0. The number of nitrogens with zero attached hydrogens (tertiary/aromatic N) is 2. The molecule has 1 aromatic heterocycles. The van der Waals surface area contributed by atoms with E-state index < -0.39 is 0 Å². The van der Waals surface area contributed by atoms with Gasteiger partial charge in [-0.25, -0.2) is 4.98 Å². The smallest absolute Gasteiger partial charge is 0.110 e. The van der Waals surface area contributed by atoms with Crippen molar-refractivity contribution in [3.8, 4) is 6.07 Å². The van der Waals surface area contributed by atoms with Crippen LogP contribution in [0.15, 0.2) is 5.38 Å². The van der Waals surface area contributed by atoms with Crippen molar-refractivity contribution in [3.63, 3.8) is 0 Å². The number of ether oxygens (including phenoxy) is 1. The van der Waals surface area contributed by atoms with E-state index in [0.717, 1.165) is 11.4 Å². The van der Waals surface area contributed by atoms with Gasteiger partial charge < -0.3 is 4.74 Å². The summed E-state index contributed by atoms with van der Waals surface area (Å²) in [7, 11) is 0. The summed E-state index contributed by atoms with van der Waals surface area (Å²) in [5.74, 6) is 0.677. The van der Waals surface area contributed by atoms with E-state index in [-0.39, 0.29) is 5.41 Å². The highest BCUT2D eigenvalue weighted by Gasteiger charge is 2.40. The highest BCUT2D eigenvalue weighted by molar-refractivity contribution is 7.09. The van der Waals surface area contributed by atoms with Crippen LogP contribution in [0.2, 0.25) is 0 Å². The van der Waals surface area contributed by atoms with E-state index in [0.29, 0.717) is 19.1 Å². The first-order chi connectivity index (χ1) is 8.31. The van der Waals surface area contributed by atoms with Gasteiger partial charge >= 0.3 is 0 Å². The van der Waals surface area contributed by atoms with Gasteiger partial charge in [-0.3, -0.25) is 0 Å². The van der Waals surface area contributed by atoms with E-state index >= 15 is 0 Å². The molecule has 2 heterocycles. The molecule has 1 aliphatic carbocycles. The topological polar surface area (TPSA) is 45.9 Å². The van der Waals surface area contributed by atoms with E-state index in [2.05, 4.69) is 11.4 Å². The van der Waals surface area contributed by atoms with Gasteiger partial charge in [0, 0.05) is 17.7 Å². The summed E-state index contributed by atoms with van der Waals surface area (Å²) >= 11 is 1.71. The van der Waals surface area contributed by atoms with Gasteiger partial charge in [0.15, 0.2) is 0 Å². The molecular weight excluding hydrogens is 232 g/mol. The Morgan fingerprint density at radius 3 is 2.82 bits per heavy atom. The maximum absolute atomic E-state index is 9.16. The van der Waals surface area contributed by atoms with Crippen molar-refractivity contribution >= 4 is 11.3 Å². The van der Waals surface area contributed by atoms with Gasteiger partial charge in [-0.05, 0) is 12.8 Å². The molecule has 3 nitrogen and oxygen atoms in total. The minimum Gasteiger partial charge on any atom is -0.378 e. The van der Waals surface area contributed by atoms with Crippen LogP contribution >= 0.6 is 11.3 Å². The molecule has 1 saturated heterocycles. The fourth-order valence-electron chi connectivity index (χ4n) is 2.66. The summed E-state index contributed by atoms with van der Waals surface area (Å²) in [6.45, 7) is 1.14. The van der Waals surface area contributed by atoms with E-state index in [1.807, 2.05) is 0 Å². The third-order valence-electron chi connectivity index (χ3n) is 3.83. The summed E-state index contributed by atoms with van der Waals surface area (Å²) in [4.78, 5) is 4.72. The number of rotatable bonds is 3. The fourth-order valence-corrected chi connectivity index (χ4v) is 3.68. The molecule has 2 aliphatic rings. The molecule has 0 spiro atoms. The van der Waals surface area contributed by atoms with Crippen LogP contribution in [0.4, 0.5) is 0 Å². The Labute approximate surface area is 105 Å². The summed E-state index contributed by atoms with van der Waals surface area (Å²) in [6, 6.07) is 2.38. The molecular formula is C13H16N2OS. The highest BCUT2D eigenvalue weighted by atomic mass is 32.1. The second kappa shape index (κ2) is 4.40. The Morgan fingerprint density at radius 1 is 1.47 bits per heavy atom. The SMILES string of the molecule is N#CC1(Cc2nc(C3CCCC3)cs2)COC1. The zero-order valence-corrected chi connectivity index (χ0v) is 10.6. The second-order valence-corrected chi connectivity index (χ2v) is 6.15. The van der Waals surface area contributed by atoms with Crippen molar-refractivity contribution in [1.82, 2.24) is 4.98 Å². The molecule has 0 unspecified atom stereocenters. The predicted octanol–water partition coefficient (Wildman–Crippen LogP) is 2.88. The normalized spacial score (nSPS) is 23.2. The largest absolute Gasteiger partial charge is 0.378 e. The lowest BCUT2D eigenvalue weighted by Gasteiger charge is -2.34. The van der Waals surface area contributed by atoms with Crippen molar-refractivity contribution in [1.29, 1.82) is 5.26 Å². The monoisotopic (exact) mass is 248 g/mol. The van der Waals surface area contributed by atoms with Crippen LogP contribution in [0.5, 0.6) is 0 Å². The lowest BCUT2D eigenvalue weighted by molar-refractivity contribution is -0.0765. The zero-order valence-electron chi connectivity index (χ0n) is 9.82. The Kier molecular flexibility index (Phi) is 2.89. The maximum Gasteiger partial charge on any atom is 0.110 e. The Bertz CT molecular complexity index is 439. The lowest BCUT2D eigenvalue weighted by Crippen LogP contribution is -2.43. The van der Waals surface area contributed by atoms with Crippen LogP contribution in [0.1, 0.15) is 42.3 Å². The molecule has 0 bridgehead atoms. The second-order valence-electron chi connectivity index (χ2n) is 5.21. The maximum atomic E-state index is 9.16. The molecule has 0 atom stereocenters. The minimum atomic E-state index is -0.287. The van der Waals surface area contributed by atoms with Crippen molar-refractivity contribution < 1.29 is 4.74 Å². The minimum absolute atomic E-state index is 0.287. The molecule has 0 amide bonds. The van der Waals surface area contributed by atoms with Gasteiger partial charge in [0.1, 0.15) is 5.41 Å². The Balaban J connectivity index is 1.70. The average Bonchev–Trinajstić information content (AvgIpc) is 2.94. The third-order valence-corrected chi connectivity index (χ3v) is 4.69. The van der Waals surface area contributed by atoms with E-state index in [1.54, 1.807) is 11.3 Å². The standard InChI is InChI=1S/C13H16N2OS/c14-7-13(8-16-9-13)5-12-15-11(6-17-12)10-3-1-2-4-10/h6,10H,1-5,8-9H2. The zero-order chi connectivity index (χ0) is 11.7. The van der Waals surface area contributed by atoms with Crippen molar-refractivity contribution in [2.75, 3.05) is 13.2 Å². The van der Waals surface area contributed by atoms with Crippen LogP contribution in [0, 0.1) is 16.7 Å². The molecule has 90 valence electrons. The third kappa shape index (κ3) is 2.10. The summed E-state index contributed by atoms with van der Waals surface area (Å²) < 4.78 is 5.16.